The summed E-state index contributed by atoms with van der Waals surface area (Å²) in [5, 5.41) is 7.94. The molecule has 0 spiro atoms. The summed E-state index contributed by atoms with van der Waals surface area (Å²) in [5.74, 6) is -0.287. The quantitative estimate of drug-likeness (QED) is 0.760. The Morgan fingerprint density at radius 3 is 2.55 bits per heavy atom. The third kappa shape index (κ3) is 4.57. The van der Waals surface area contributed by atoms with Crippen LogP contribution in [0.5, 0.6) is 0 Å². The number of primary sulfonamides is 1. The number of hydrogen-bond acceptors (Lipinski definition) is 3. The Kier molecular flexibility index (Phi) is 6.16. The van der Waals surface area contributed by atoms with Crippen LogP contribution in [0, 0.1) is 6.92 Å². The molecule has 3 N–H and O–H groups in total. The van der Waals surface area contributed by atoms with Crippen LogP contribution in [0.25, 0.3) is 0 Å². The van der Waals surface area contributed by atoms with Gasteiger partial charge < -0.3 is 5.32 Å². The first-order chi connectivity index (χ1) is 9.27. The van der Waals surface area contributed by atoms with Crippen molar-refractivity contribution in [3.05, 3.63) is 27.7 Å². The molecule has 0 radical (unpaired) electrons. The lowest BCUT2D eigenvalue weighted by Gasteiger charge is -2.11. The molecular weight excluding hydrogens is 344 g/mol. The summed E-state index contributed by atoms with van der Waals surface area (Å²) in [7, 11) is -3.85. The second-order valence-electron chi connectivity index (χ2n) is 4.58. The number of hydrogen-bond donors (Lipinski definition) is 2. The molecule has 20 heavy (non-hydrogen) atoms. The van der Waals surface area contributed by atoms with E-state index < -0.39 is 10.0 Å². The molecule has 0 saturated carbocycles. The van der Waals surface area contributed by atoms with Gasteiger partial charge in [0.1, 0.15) is 0 Å². The van der Waals surface area contributed by atoms with Gasteiger partial charge in [0.15, 0.2) is 0 Å². The van der Waals surface area contributed by atoms with Crippen molar-refractivity contribution in [2.24, 2.45) is 5.14 Å². The lowest BCUT2D eigenvalue weighted by atomic mass is 10.1. The number of benzene rings is 1. The first-order valence-electron chi connectivity index (χ1n) is 6.38. The van der Waals surface area contributed by atoms with E-state index in [9.17, 15) is 13.2 Å². The van der Waals surface area contributed by atoms with Gasteiger partial charge in [-0.3, -0.25) is 4.79 Å². The predicted molar refractivity (Wildman–Crippen MR) is 82.1 cm³/mol. The first-order valence-corrected chi connectivity index (χ1v) is 8.72. The number of amides is 1. The monoisotopic (exact) mass is 362 g/mol. The lowest BCUT2D eigenvalue weighted by molar-refractivity contribution is 0.0952. The van der Waals surface area contributed by atoms with Crippen molar-refractivity contribution in [2.45, 2.75) is 38.0 Å². The molecule has 5 nitrogen and oxygen atoms in total. The molecule has 0 bridgehead atoms. The van der Waals surface area contributed by atoms with Gasteiger partial charge >= 0.3 is 0 Å². The van der Waals surface area contributed by atoms with Crippen molar-refractivity contribution in [3.8, 4) is 0 Å². The van der Waals surface area contributed by atoms with Gasteiger partial charge in [-0.2, -0.15) is 0 Å². The summed E-state index contributed by atoms with van der Waals surface area (Å²) in [4.78, 5) is 12.1. The van der Waals surface area contributed by atoms with Crippen molar-refractivity contribution >= 4 is 31.9 Å². The minimum Gasteiger partial charge on any atom is -0.352 e. The summed E-state index contributed by atoms with van der Waals surface area (Å²) in [6.07, 6.45) is 3.01. The summed E-state index contributed by atoms with van der Waals surface area (Å²) < 4.78 is 23.5. The number of halogens is 1. The van der Waals surface area contributed by atoms with Gasteiger partial charge in [-0.1, -0.05) is 35.7 Å². The van der Waals surface area contributed by atoms with Crippen LogP contribution < -0.4 is 10.5 Å². The van der Waals surface area contributed by atoms with Crippen LogP contribution in [0.3, 0.4) is 0 Å². The smallest absolute Gasteiger partial charge is 0.251 e. The zero-order valence-corrected chi connectivity index (χ0v) is 14.0. The van der Waals surface area contributed by atoms with E-state index in [1.54, 1.807) is 13.0 Å². The Bertz CT molecular complexity index is 600. The van der Waals surface area contributed by atoms with Crippen molar-refractivity contribution in [1.29, 1.82) is 0 Å². The van der Waals surface area contributed by atoms with Gasteiger partial charge in [-0.25, -0.2) is 13.6 Å². The summed E-state index contributed by atoms with van der Waals surface area (Å²) >= 11 is 3.20. The topological polar surface area (TPSA) is 89.3 Å². The average molecular weight is 363 g/mol. The molecule has 112 valence electrons. The number of unbranched alkanes of at least 4 members (excludes halogenated alkanes) is 2. The number of nitrogens with one attached hydrogen (secondary N) is 1. The number of rotatable bonds is 6. The highest BCUT2D eigenvalue weighted by Gasteiger charge is 2.19. The molecule has 0 aliphatic heterocycles. The minimum atomic E-state index is -3.85. The molecule has 0 aromatic heterocycles. The third-order valence-corrected chi connectivity index (χ3v) is 4.44. The number of carbonyl (C=O) groups excluding carboxylic acids is 1. The van der Waals surface area contributed by atoms with E-state index in [0.717, 1.165) is 19.3 Å². The molecule has 0 saturated heterocycles. The Morgan fingerprint density at radius 1 is 1.35 bits per heavy atom. The third-order valence-electron chi connectivity index (χ3n) is 2.94. The highest BCUT2D eigenvalue weighted by atomic mass is 79.9. The second-order valence-corrected chi connectivity index (χ2v) is 7.03. The van der Waals surface area contributed by atoms with Gasteiger partial charge in [-0.15, -0.1) is 0 Å². The van der Waals surface area contributed by atoms with Gasteiger partial charge in [0.05, 0.1) is 4.90 Å². The number of carbonyl (C=O) groups is 1. The normalized spacial score (nSPS) is 11.4. The second kappa shape index (κ2) is 7.19. The molecule has 1 aromatic rings. The molecule has 0 aliphatic carbocycles. The molecule has 0 atom stereocenters. The fourth-order valence-electron chi connectivity index (χ4n) is 1.86. The van der Waals surface area contributed by atoms with E-state index in [2.05, 4.69) is 28.2 Å². The highest BCUT2D eigenvalue weighted by molar-refractivity contribution is 9.10. The molecule has 7 heteroatoms. The van der Waals surface area contributed by atoms with Crippen LogP contribution in [0.4, 0.5) is 0 Å². The zero-order valence-electron chi connectivity index (χ0n) is 11.6. The number of nitrogens with two attached hydrogens (primary N) is 1. The van der Waals surface area contributed by atoms with Crippen molar-refractivity contribution in [2.75, 3.05) is 6.54 Å². The van der Waals surface area contributed by atoms with E-state index >= 15 is 0 Å². The largest absolute Gasteiger partial charge is 0.352 e. The summed E-state index contributed by atoms with van der Waals surface area (Å²) in [6.45, 7) is 4.23. The maximum Gasteiger partial charge on any atom is 0.251 e. The van der Waals surface area contributed by atoms with Crippen LogP contribution in [-0.4, -0.2) is 20.9 Å². The van der Waals surface area contributed by atoms with E-state index in [0.29, 0.717) is 22.1 Å². The Morgan fingerprint density at radius 2 is 2.00 bits per heavy atom. The van der Waals surface area contributed by atoms with Crippen molar-refractivity contribution in [3.63, 3.8) is 0 Å². The molecule has 0 fully saturated rings. The summed E-state index contributed by atoms with van der Waals surface area (Å²) in [6, 6.07) is 3.00. The Labute approximate surface area is 128 Å². The molecule has 1 rings (SSSR count). The van der Waals surface area contributed by atoms with Crippen molar-refractivity contribution in [1.82, 2.24) is 5.32 Å². The van der Waals surface area contributed by atoms with Gasteiger partial charge in [0.2, 0.25) is 10.0 Å². The van der Waals surface area contributed by atoms with Crippen LogP contribution >= 0.6 is 15.9 Å². The van der Waals surface area contributed by atoms with Crippen molar-refractivity contribution < 1.29 is 13.2 Å². The van der Waals surface area contributed by atoms with E-state index in [-0.39, 0.29) is 10.8 Å². The Hall–Kier alpha value is -0.920. The van der Waals surface area contributed by atoms with Gasteiger partial charge in [0, 0.05) is 16.6 Å². The highest BCUT2D eigenvalue weighted by Crippen LogP contribution is 2.24. The minimum absolute atomic E-state index is 0.0365. The van der Waals surface area contributed by atoms with Gasteiger partial charge in [0.25, 0.3) is 5.91 Å². The average Bonchev–Trinajstić information content (AvgIpc) is 2.35. The molecule has 0 unspecified atom stereocenters. The van der Waals surface area contributed by atoms with Gasteiger partial charge in [-0.05, 0) is 31.0 Å². The van der Waals surface area contributed by atoms with Crippen LogP contribution in [0.2, 0.25) is 0 Å². The number of sulfonamides is 1. The van der Waals surface area contributed by atoms with E-state index in [1.807, 2.05) is 0 Å². The SMILES string of the molecule is CCCCCNC(=O)c1cc(Br)cc(S(N)(=O)=O)c1C. The first kappa shape index (κ1) is 17.1. The Balaban J connectivity index is 3.01. The summed E-state index contributed by atoms with van der Waals surface area (Å²) in [5.41, 5.74) is 0.684. The molecule has 0 aliphatic rings. The standard InChI is InChI=1S/C13H19BrN2O3S/c1-3-4-5-6-16-13(17)11-7-10(14)8-12(9(11)2)20(15,18)19/h7-8H,3-6H2,1-2H3,(H,16,17)(H2,15,18,19). The zero-order chi connectivity index (χ0) is 15.3. The lowest BCUT2D eigenvalue weighted by Crippen LogP contribution is -2.26. The fourth-order valence-corrected chi connectivity index (χ4v) is 3.29. The molecule has 1 amide bonds. The molecular formula is C13H19BrN2O3S. The molecule has 1 aromatic carbocycles. The fraction of sp³-hybridized carbons (Fsp3) is 0.462. The van der Waals surface area contributed by atoms with Crippen LogP contribution in [-0.2, 0) is 10.0 Å². The maximum atomic E-state index is 12.1. The maximum absolute atomic E-state index is 12.1. The van der Waals surface area contributed by atoms with Crippen LogP contribution in [0.1, 0.15) is 42.1 Å². The molecule has 0 heterocycles. The van der Waals surface area contributed by atoms with Crippen LogP contribution in [0.15, 0.2) is 21.5 Å². The van der Waals surface area contributed by atoms with E-state index in [4.69, 9.17) is 5.14 Å². The predicted octanol–water partition coefficient (Wildman–Crippen LogP) is 2.32. The van der Waals surface area contributed by atoms with E-state index in [1.165, 1.54) is 6.07 Å².